The van der Waals surface area contributed by atoms with Crippen molar-refractivity contribution in [1.29, 1.82) is 0 Å². The third-order valence-electron chi connectivity index (χ3n) is 3.22. The number of H-pyrrole nitrogens is 1. The number of carbonyl (C=O) groups excluding carboxylic acids is 1. The third kappa shape index (κ3) is 3.05. The van der Waals surface area contributed by atoms with Gasteiger partial charge in [0.2, 0.25) is 11.1 Å². The summed E-state index contributed by atoms with van der Waals surface area (Å²) < 4.78 is 1.60. The minimum atomic E-state index is -0.374. The molecule has 0 aliphatic carbocycles. The molecule has 3 N–H and O–H groups in total. The largest absolute Gasteiger partial charge is 0.354 e. The highest BCUT2D eigenvalue weighted by molar-refractivity contribution is 7.99. The van der Waals surface area contributed by atoms with Crippen LogP contribution >= 0.6 is 11.8 Å². The van der Waals surface area contributed by atoms with Crippen LogP contribution in [0.2, 0.25) is 0 Å². The van der Waals surface area contributed by atoms with Crippen molar-refractivity contribution in [3.05, 3.63) is 17.7 Å². The number of rotatable bonds is 5. The van der Waals surface area contributed by atoms with Crippen molar-refractivity contribution < 1.29 is 4.79 Å². The number of tetrazole rings is 1. The first-order valence-corrected chi connectivity index (χ1v) is 7.62. The highest BCUT2D eigenvalue weighted by Gasteiger charge is 2.27. The van der Waals surface area contributed by atoms with Gasteiger partial charge in [-0.1, -0.05) is 11.8 Å². The Balaban J connectivity index is 1.48. The Morgan fingerprint density at radius 3 is 3.33 bits per heavy atom. The predicted molar refractivity (Wildman–Crippen MR) is 75.6 cm³/mol. The van der Waals surface area contributed by atoms with Crippen LogP contribution < -0.4 is 10.6 Å². The van der Waals surface area contributed by atoms with Gasteiger partial charge in [0, 0.05) is 38.0 Å². The number of amides is 1. The van der Waals surface area contributed by atoms with Crippen molar-refractivity contribution in [2.75, 3.05) is 18.8 Å². The molecule has 10 heteroatoms. The van der Waals surface area contributed by atoms with Crippen LogP contribution in [-0.4, -0.2) is 54.9 Å². The van der Waals surface area contributed by atoms with Gasteiger partial charge in [0.1, 0.15) is 6.04 Å². The molecule has 1 amide bonds. The molecule has 21 heavy (non-hydrogen) atoms. The van der Waals surface area contributed by atoms with Crippen LogP contribution in [0.3, 0.4) is 0 Å². The molecular weight excluding hydrogens is 292 g/mol. The molecule has 112 valence electrons. The van der Waals surface area contributed by atoms with E-state index < -0.39 is 0 Å². The molecule has 0 unspecified atom stereocenters. The minimum absolute atomic E-state index is 0.0558. The Hall–Kier alpha value is -1.94. The van der Waals surface area contributed by atoms with E-state index in [0.717, 1.165) is 29.5 Å². The van der Waals surface area contributed by atoms with Gasteiger partial charge in [-0.25, -0.2) is 9.67 Å². The fraction of sp³-hybridized carbons (Fsp3) is 0.545. The molecule has 0 fully saturated rings. The number of thioether (sulfide) groups is 1. The van der Waals surface area contributed by atoms with Crippen molar-refractivity contribution in [2.45, 2.75) is 17.6 Å². The molecule has 2 aromatic rings. The van der Waals surface area contributed by atoms with E-state index in [9.17, 15) is 4.79 Å². The molecule has 3 rings (SSSR count). The second-order valence-electron chi connectivity index (χ2n) is 4.63. The van der Waals surface area contributed by atoms with Crippen molar-refractivity contribution >= 4 is 17.7 Å². The van der Waals surface area contributed by atoms with Crippen LogP contribution in [0.4, 0.5) is 0 Å². The van der Waals surface area contributed by atoms with Gasteiger partial charge >= 0.3 is 0 Å². The molecule has 0 saturated carbocycles. The SMILES string of the molecule is Cn1nnnc1SCCNC(=O)[C@H]1NCCc2[nH]cnc21. The van der Waals surface area contributed by atoms with Crippen LogP contribution in [0.15, 0.2) is 11.5 Å². The molecule has 0 spiro atoms. The van der Waals surface area contributed by atoms with Gasteiger partial charge in [-0.2, -0.15) is 0 Å². The number of aromatic amines is 1. The maximum atomic E-state index is 12.2. The Morgan fingerprint density at radius 2 is 2.52 bits per heavy atom. The number of hydrogen-bond acceptors (Lipinski definition) is 7. The summed E-state index contributed by atoms with van der Waals surface area (Å²) in [7, 11) is 1.78. The van der Waals surface area contributed by atoms with Crippen molar-refractivity contribution in [2.24, 2.45) is 7.05 Å². The summed E-state index contributed by atoms with van der Waals surface area (Å²) in [6.45, 7) is 1.32. The minimum Gasteiger partial charge on any atom is -0.354 e. The molecule has 2 aromatic heterocycles. The van der Waals surface area contributed by atoms with Gasteiger partial charge in [0.05, 0.1) is 12.0 Å². The molecule has 1 atom stereocenters. The fourth-order valence-corrected chi connectivity index (χ4v) is 2.90. The maximum absolute atomic E-state index is 12.2. The lowest BCUT2D eigenvalue weighted by Crippen LogP contribution is -2.42. The molecule has 0 bridgehead atoms. The number of hydrogen-bond donors (Lipinski definition) is 3. The second kappa shape index (κ2) is 6.22. The lowest BCUT2D eigenvalue weighted by atomic mass is 10.1. The first-order chi connectivity index (χ1) is 10.3. The third-order valence-corrected chi connectivity index (χ3v) is 4.24. The summed E-state index contributed by atoms with van der Waals surface area (Å²) in [5, 5.41) is 18.0. The Kier molecular flexibility index (Phi) is 4.15. The number of nitrogens with zero attached hydrogens (tertiary/aromatic N) is 5. The van der Waals surface area contributed by atoms with Crippen molar-refractivity contribution in [3.8, 4) is 0 Å². The molecule has 0 saturated heterocycles. The molecule has 0 radical (unpaired) electrons. The van der Waals surface area contributed by atoms with E-state index in [1.807, 2.05) is 0 Å². The summed E-state index contributed by atoms with van der Waals surface area (Å²) in [4.78, 5) is 19.5. The summed E-state index contributed by atoms with van der Waals surface area (Å²) in [5.74, 6) is 0.653. The zero-order valence-corrected chi connectivity index (χ0v) is 12.4. The second-order valence-corrected chi connectivity index (χ2v) is 5.69. The first kappa shape index (κ1) is 14.0. The Bertz CT molecular complexity index is 623. The summed E-state index contributed by atoms with van der Waals surface area (Å²) in [6.07, 6.45) is 2.50. The number of carbonyl (C=O) groups is 1. The number of nitrogens with one attached hydrogen (secondary N) is 3. The summed E-state index contributed by atoms with van der Waals surface area (Å²) in [5.41, 5.74) is 1.83. The van der Waals surface area contributed by atoms with Gasteiger partial charge in [0.15, 0.2) is 0 Å². The van der Waals surface area contributed by atoms with E-state index in [1.54, 1.807) is 18.1 Å². The number of imidazole rings is 1. The molecule has 1 aliphatic heterocycles. The molecule has 1 aliphatic rings. The lowest BCUT2D eigenvalue weighted by Gasteiger charge is -2.22. The van der Waals surface area contributed by atoms with Gasteiger partial charge in [-0.3, -0.25) is 4.79 Å². The highest BCUT2D eigenvalue weighted by atomic mass is 32.2. The van der Waals surface area contributed by atoms with Crippen molar-refractivity contribution in [1.82, 2.24) is 40.8 Å². The number of fused-ring (bicyclic) bond motifs is 1. The van der Waals surface area contributed by atoms with E-state index in [2.05, 4.69) is 36.1 Å². The van der Waals surface area contributed by atoms with Gasteiger partial charge in [-0.05, 0) is 10.4 Å². The van der Waals surface area contributed by atoms with E-state index >= 15 is 0 Å². The van der Waals surface area contributed by atoms with E-state index in [4.69, 9.17) is 0 Å². The monoisotopic (exact) mass is 308 g/mol. The van der Waals surface area contributed by atoms with Crippen LogP contribution in [0.25, 0.3) is 0 Å². The van der Waals surface area contributed by atoms with Crippen LogP contribution in [-0.2, 0) is 18.3 Å². The highest BCUT2D eigenvalue weighted by Crippen LogP contribution is 2.19. The topological polar surface area (TPSA) is 113 Å². The van der Waals surface area contributed by atoms with Gasteiger partial charge < -0.3 is 15.6 Å². The first-order valence-electron chi connectivity index (χ1n) is 6.64. The van der Waals surface area contributed by atoms with E-state index in [0.29, 0.717) is 12.3 Å². The predicted octanol–water partition coefficient (Wildman–Crippen LogP) is -0.971. The smallest absolute Gasteiger partial charge is 0.243 e. The Morgan fingerprint density at radius 1 is 1.62 bits per heavy atom. The van der Waals surface area contributed by atoms with E-state index in [1.165, 1.54) is 11.8 Å². The van der Waals surface area contributed by atoms with Crippen molar-refractivity contribution in [3.63, 3.8) is 0 Å². The molecule has 0 aromatic carbocycles. The summed E-state index contributed by atoms with van der Waals surface area (Å²) in [6, 6.07) is -0.374. The molecule has 3 heterocycles. The molecular formula is C11H16N8OS. The standard InChI is InChI=1S/C11H16N8OS/c1-19-11(16-17-18-19)21-5-4-13-10(20)9-8-7(2-3-12-9)14-6-15-8/h6,9,12H,2-5H2,1H3,(H,13,20)(H,14,15)/t9-/m0/s1. The zero-order chi connectivity index (χ0) is 14.7. The van der Waals surface area contributed by atoms with Crippen LogP contribution in [0, 0.1) is 0 Å². The number of aromatic nitrogens is 6. The fourth-order valence-electron chi connectivity index (χ4n) is 2.20. The normalized spacial score (nSPS) is 17.5. The average molecular weight is 308 g/mol. The lowest BCUT2D eigenvalue weighted by molar-refractivity contribution is -0.123. The Labute approximate surface area is 125 Å². The van der Waals surface area contributed by atoms with Gasteiger partial charge in [0.25, 0.3) is 0 Å². The van der Waals surface area contributed by atoms with Gasteiger partial charge in [-0.15, -0.1) is 5.10 Å². The summed E-state index contributed by atoms with van der Waals surface area (Å²) >= 11 is 1.50. The quantitative estimate of drug-likeness (QED) is 0.481. The average Bonchev–Trinajstić information content (AvgIpc) is 3.11. The number of aryl methyl sites for hydroxylation is 1. The van der Waals surface area contributed by atoms with E-state index in [-0.39, 0.29) is 11.9 Å². The van der Waals surface area contributed by atoms with Crippen LogP contribution in [0.5, 0.6) is 0 Å². The zero-order valence-electron chi connectivity index (χ0n) is 11.5. The molecule has 9 nitrogen and oxygen atoms in total. The van der Waals surface area contributed by atoms with Crippen LogP contribution in [0.1, 0.15) is 17.4 Å². The maximum Gasteiger partial charge on any atom is 0.243 e.